The van der Waals surface area contributed by atoms with Crippen LogP contribution in [0, 0.1) is 25.5 Å². The Labute approximate surface area is 119 Å². The Balaban J connectivity index is 2.83. The van der Waals surface area contributed by atoms with E-state index in [-0.39, 0.29) is 4.77 Å². The van der Waals surface area contributed by atoms with Crippen molar-refractivity contribution in [3.63, 3.8) is 0 Å². The van der Waals surface area contributed by atoms with E-state index in [9.17, 15) is 13.2 Å². The summed E-state index contributed by atoms with van der Waals surface area (Å²) >= 11 is 5.06. The molecule has 0 N–H and O–H groups in total. The van der Waals surface area contributed by atoms with Crippen molar-refractivity contribution in [2.75, 3.05) is 0 Å². The van der Waals surface area contributed by atoms with Gasteiger partial charge in [0.05, 0.1) is 5.69 Å². The number of benzene rings is 1. The molecule has 1 aromatic carbocycles. The van der Waals surface area contributed by atoms with Crippen LogP contribution in [-0.2, 0) is 13.2 Å². The molecule has 0 radical (unpaired) electrons. The van der Waals surface area contributed by atoms with Gasteiger partial charge >= 0.3 is 6.18 Å². The van der Waals surface area contributed by atoms with Crippen LogP contribution in [0.3, 0.4) is 0 Å². The molecule has 3 nitrogen and oxygen atoms in total. The average Bonchev–Trinajstić information content (AvgIpc) is 2.61. The molecule has 7 heteroatoms. The van der Waals surface area contributed by atoms with Crippen LogP contribution in [0.2, 0.25) is 0 Å². The number of nitrogens with zero attached hydrogens (tertiary/aromatic N) is 3. The van der Waals surface area contributed by atoms with Gasteiger partial charge in [-0.3, -0.25) is 4.57 Å². The van der Waals surface area contributed by atoms with Gasteiger partial charge in [-0.1, -0.05) is 6.07 Å². The van der Waals surface area contributed by atoms with Crippen LogP contribution in [0.5, 0.6) is 0 Å². The van der Waals surface area contributed by atoms with Crippen LogP contribution in [0.15, 0.2) is 12.1 Å². The van der Waals surface area contributed by atoms with Crippen molar-refractivity contribution in [3.05, 3.63) is 39.4 Å². The van der Waals surface area contributed by atoms with Gasteiger partial charge < -0.3 is 0 Å². The van der Waals surface area contributed by atoms with Gasteiger partial charge in [0.1, 0.15) is 0 Å². The number of aromatic nitrogens is 3. The van der Waals surface area contributed by atoms with Crippen LogP contribution in [0.4, 0.5) is 13.2 Å². The molecule has 0 bridgehead atoms. The lowest BCUT2D eigenvalue weighted by Crippen LogP contribution is -2.15. The molecule has 2 rings (SSSR count). The zero-order valence-corrected chi connectivity index (χ0v) is 12.4. The summed E-state index contributed by atoms with van der Waals surface area (Å²) in [5.74, 6) is -1.00. The first-order valence-electron chi connectivity index (χ1n) is 5.94. The second-order valence-corrected chi connectivity index (χ2v) is 5.15. The maximum absolute atomic E-state index is 13.1. The van der Waals surface area contributed by atoms with Gasteiger partial charge in [-0.25, -0.2) is 4.68 Å². The van der Waals surface area contributed by atoms with E-state index in [0.717, 1.165) is 25.9 Å². The second-order valence-electron chi connectivity index (χ2n) is 4.79. The third-order valence-corrected chi connectivity index (χ3v) is 3.68. The van der Waals surface area contributed by atoms with Crippen molar-refractivity contribution in [2.45, 2.75) is 26.9 Å². The van der Waals surface area contributed by atoms with E-state index in [2.05, 4.69) is 5.10 Å². The summed E-state index contributed by atoms with van der Waals surface area (Å²) in [4.78, 5) is 0. The minimum absolute atomic E-state index is 0.0173. The third-order valence-electron chi connectivity index (χ3n) is 3.23. The van der Waals surface area contributed by atoms with E-state index >= 15 is 0 Å². The molecule has 0 aliphatic heterocycles. The van der Waals surface area contributed by atoms with E-state index in [1.807, 2.05) is 19.9 Å². The third kappa shape index (κ3) is 2.37. The van der Waals surface area contributed by atoms with Gasteiger partial charge in [0.2, 0.25) is 10.6 Å². The zero-order chi connectivity index (χ0) is 15.2. The Morgan fingerprint density at radius 2 is 1.60 bits per heavy atom. The molecule has 0 aliphatic carbocycles. The summed E-state index contributed by atoms with van der Waals surface area (Å²) in [7, 11) is 1.41. The number of halogens is 3. The summed E-state index contributed by atoms with van der Waals surface area (Å²) in [5.41, 5.74) is 3.07. The quantitative estimate of drug-likeness (QED) is 0.746. The summed E-state index contributed by atoms with van der Waals surface area (Å²) in [6, 6.07) is 3.55. The monoisotopic (exact) mass is 301 g/mol. The fraction of sp³-hybridized carbons (Fsp3) is 0.385. The number of hydrogen-bond donors (Lipinski definition) is 0. The van der Waals surface area contributed by atoms with Crippen LogP contribution < -0.4 is 0 Å². The minimum Gasteiger partial charge on any atom is -0.264 e. The Bertz CT molecular complexity index is 726. The lowest BCUT2D eigenvalue weighted by Gasteiger charge is -2.13. The standard InChI is InChI=1S/C13H14F3N3S/c1-7-5-9(3)10(6-8(7)2)19-11(13(14,15)16)17-18(4)12(19)20/h5-6H,1-4H3. The molecule has 108 valence electrons. The Hall–Kier alpha value is -1.63. The van der Waals surface area contributed by atoms with E-state index in [4.69, 9.17) is 12.2 Å². The lowest BCUT2D eigenvalue weighted by molar-refractivity contribution is -0.146. The highest BCUT2D eigenvalue weighted by molar-refractivity contribution is 7.71. The van der Waals surface area contributed by atoms with Gasteiger partial charge in [0.25, 0.3) is 0 Å². The summed E-state index contributed by atoms with van der Waals surface area (Å²) < 4.78 is 41.4. The summed E-state index contributed by atoms with van der Waals surface area (Å²) in [6.07, 6.45) is -4.56. The first kappa shape index (κ1) is 14.8. The van der Waals surface area contributed by atoms with Crippen molar-refractivity contribution in [3.8, 4) is 5.69 Å². The molecular formula is C13H14F3N3S. The summed E-state index contributed by atoms with van der Waals surface area (Å²) in [6.45, 7) is 5.53. The van der Waals surface area contributed by atoms with Gasteiger partial charge in [-0.2, -0.15) is 13.2 Å². The molecule has 0 aliphatic rings. The van der Waals surface area contributed by atoms with Gasteiger partial charge in [0.15, 0.2) is 0 Å². The van der Waals surface area contributed by atoms with E-state index in [1.165, 1.54) is 7.05 Å². The van der Waals surface area contributed by atoms with Gasteiger partial charge in [0, 0.05) is 7.05 Å². The number of aryl methyl sites for hydroxylation is 4. The molecule has 1 aromatic heterocycles. The van der Waals surface area contributed by atoms with Crippen molar-refractivity contribution in [2.24, 2.45) is 7.05 Å². The highest BCUT2D eigenvalue weighted by Crippen LogP contribution is 2.31. The lowest BCUT2D eigenvalue weighted by atomic mass is 10.0. The van der Waals surface area contributed by atoms with Crippen LogP contribution in [-0.4, -0.2) is 14.3 Å². The largest absolute Gasteiger partial charge is 0.452 e. The number of alkyl halides is 3. The predicted molar refractivity (Wildman–Crippen MR) is 72.6 cm³/mol. The van der Waals surface area contributed by atoms with Gasteiger partial charge in [-0.15, -0.1) is 5.10 Å². The highest BCUT2D eigenvalue weighted by Gasteiger charge is 2.38. The average molecular weight is 301 g/mol. The smallest absolute Gasteiger partial charge is 0.264 e. The minimum atomic E-state index is -4.56. The van der Waals surface area contributed by atoms with E-state index in [0.29, 0.717) is 5.69 Å². The maximum atomic E-state index is 13.1. The van der Waals surface area contributed by atoms with E-state index < -0.39 is 12.0 Å². The molecule has 0 amide bonds. The van der Waals surface area contributed by atoms with E-state index in [1.54, 1.807) is 13.0 Å². The number of rotatable bonds is 1. The second kappa shape index (κ2) is 4.73. The van der Waals surface area contributed by atoms with Gasteiger partial charge in [-0.05, 0) is 55.7 Å². The summed E-state index contributed by atoms with van der Waals surface area (Å²) in [5, 5.41) is 3.50. The SMILES string of the molecule is Cc1cc(C)c(-n2c(C(F)(F)F)nn(C)c2=S)cc1C. The van der Waals surface area contributed by atoms with Crippen molar-refractivity contribution >= 4 is 12.2 Å². The maximum Gasteiger partial charge on any atom is 0.452 e. The molecule has 0 saturated heterocycles. The Kier molecular flexibility index (Phi) is 3.49. The molecule has 0 fully saturated rings. The molecule has 0 unspecified atom stereocenters. The van der Waals surface area contributed by atoms with Crippen LogP contribution >= 0.6 is 12.2 Å². The first-order valence-corrected chi connectivity index (χ1v) is 6.35. The van der Waals surface area contributed by atoms with Crippen molar-refractivity contribution in [1.82, 2.24) is 14.3 Å². The number of hydrogen-bond acceptors (Lipinski definition) is 2. The topological polar surface area (TPSA) is 22.8 Å². The first-order chi connectivity index (χ1) is 9.12. The fourth-order valence-electron chi connectivity index (χ4n) is 2.05. The fourth-order valence-corrected chi connectivity index (χ4v) is 2.28. The molecule has 0 atom stereocenters. The van der Waals surface area contributed by atoms with Crippen LogP contribution in [0.1, 0.15) is 22.5 Å². The molecule has 1 heterocycles. The Morgan fingerprint density at radius 3 is 2.15 bits per heavy atom. The Morgan fingerprint density at radius 1 is 1.05 bits per heavy atom. The molecular weight excluding hydrogens is 287 g/mol. The molecule has 20 heavy (non-hydrogen) atoms. The zero-order valence-electron chi connectivity index (χ0n) is 11.5. The highest BCUT2D eigenvalue weighted by atomic mass is 32.1. The van der Waals surface area contributed by atoms with Crippen molar-refractivity contribution < 1.29 is 13.2 Å². The molecule has 2 aromatic rings. The van der Waals surface area contributed by atoms with Crippen molar-refractivity contribution in [1.29, 1.82) is 0 Å². The predicted octanol–water partition coefficient (Wildman–Crippen LogP) is 3.88. The van der Waals surface area contributed by atoms with Crippen LogP contribution in [0.25, 0.3) is 5.69 Å². The molecule has 0 spiro atoms. The normalized spacial score (nSPS) is 11.9. The molecule has 0 saturated carbocycles.